The van der Waals surface area contributed by atoms with Gasteiger partial charge < -0.3 is 0 Å². The molecule has 3 aromatic carbocycles. The van der Waals surface area contributed by atoms with Crippen LogP contribution in [-0.4, -0.2) is 8.42 Å². The van der Waals surface area contributed by atoms with Crippen LogP contribution in [-0.2, 0) is 10.0 Å². The summed E-state index contributed by atoms with van der Waals surface area (Å²) in [4.78, 5) is -0.454. The highest BCUT2D eigenvalue weighted by Gasteiger charge is 2.21. The molecule has 3 rings (SSSR count). The first-order valence-corrected chi connectivity index (χ1v) is 9.80. The molecule has 1 N–H and O–H groups in total. The Morgan fingerprint density at radius 1 is 1.00 bits per heavy atom. The summed E-state index contributed by atoms with van der Waals surface area (Å²) < 4.78 is 40.9. The number of nitriles is 1. The smallest absolute Gasteiger partial charge is 0.264 e. The topological polar surface area (TPSA) is 70.0 Å². The SMILES string of the molecule is N#C[C@H](c1ccccc1)c1ccc(NS(=O)(=O)c2ccccc2F)cc1Cl. The maximum Gasteiger partial charge on any atom is 0.264 e. The molecule has 0 aliphatic heterocycles. The van der Waals surface area contributed by atoms with Gasteiger partial charge in [0.2, 0.25) is 0 Å². The molecule has 7 heteroatoms. The predicted molar refractivity (Wildman–Crippen MR) is 103 cm³/mol. The molecule has 0 spiro atoms. The summed E-state index contributed by atoms with van der Waals surface area (Å²) in [7, 11) is -4.10. The van der Waals surface area contributed by atoms with Crippen molar-refractivity contribution < 1.29 is 12.8 Å². The van der Waals surface area contributed by atoms with Gasteiger partial charge in [0.1, 0.15) is 10.7 Å². The Kier molecular flexibility index (Phi) is 5.45. The first-order valence-electron chi connectivity index (χ1n) is 7.94. The molecule has 0 aliphatic rings. The fraction of sp³-hybridized carbons (Fsp3) is 0.0500. The Bertz CT molecular complexity index is 1110. The van der Waals surface area contributed by atoms with Crippen LogP contribution in [0.4, 0.5) is 10.1 Å². The van der Waals surface area contributed by atoms with Crippen LogP contribution in [0.2, 0.25) is 5.02 Å². The molecule has 0 heterocycles. The summed E-state index contributed by atoms with van der Waals surface area (Å²) in [6.07, 6.45) is 0. The highest BCUT2D eigenvalue weighted by Crippen LogP contribution is 2.32. The second-order valence-electron chi connectivity index (χ2n) is 5.75. The van der Waals surface area contributed by atoms with Crippen LogP contribution in [0.5, 0.6) is 0 Å². The summed E-state index contributed by atoms with van der Waals surface area (Å²) >= 11 is 6.30. The number of rotatable bonds is 5. The number of halogens is 2. The number of sulfonamides is 1. The van der Waals surface area contributed by atoms with E-state index in [1.165, 1.54) is 30.3 Å². The lowest BCUT2D eigenvalue weighted by Gasteiger charge is -2.14. The third kappa shape index (κ3) is 4.11. The summed E-state index contributed by atoms with van der Waals surface area (Å²) in [5.41, 5.74) is 1.51. The van der Waals surface area contributed by atoms with Crippen LogP contribution in [0, 0.1) is 17.1 Å². The van der Waals surface area contributed by atoms with Gasteiger partial charge in [0.05, 0.1) is 17.7 Å². The zero-order chi connectivity index (χ0) is 19.4. The van der Waals surface area contributed by atoms with Gasteiger partial charge in [-0.05, 0) is 35.4 Å². The molecule has 1 atom stereocenters. The van der Waals surface area contributed by atoms with Crippen molar-refractivity contribution in [2.75, 3.05) is 4.72 Å². The van der Waals surface area contributed by atoms with Crippen molar-refractivity contribution in [2.45, 2.75) is 10.8 Å². The molecule has 0 aromatic heterocycles. The van der Waals surface area contributed by atoms with Crippen molar-refractivity contribution in [3.05, 3.63) is 94.8 Å². The van der Waals surface area contributed by atoms with Gasteiger partial charge in [0.25, 0.3) is 10.0 Å². The zero-order valence-electron chi connectivity index (χ0n) is 13.9. The normalized spacial score (nSPS) is 12.2. The van der Waals surface area contributed by atoms with Gasteiger partial charge in [-0.15, -0.1) is 0 Å². The molecular formula is C20H14ClFN2O2S. The van der Waals surface area contributed by atoms with Gasteiger partial charge in [-0.3, -0.25) is 4.72 Å². The van der Waals surface area contributed by atoms with Crippen molar-refractivity contribution in [2.24, 2.45) is 0 Å². The molecule has 0 unspecified atom stereocenters. The van der Waals surface area contributed by atoms with Crippen LogP contribution in [0.25, 0.3) is 0 Å². The Labute approximate surface area is 161 Å². The number of nitrogens with zero attached hydrogens (tertiary/aromatic N) is 1. The summed E-state index contributed by atoms with van der Waals surface area (Å²) in [5, 5.41) is 9.77. The lowest BCUT2D eigenvalue weighted by atomic mass is 9.92. The number of anilines is 1. The second-order valence-corrected chi connectivity index (χ2v) is 7.80. The van der Waals surface area contributed by atoms with E-state index in [2.05, 4.69) is 10.8 Å². The molecule has 0 aliphatic carbocycles. The van der Waals surface area contributed by atoms with Crippen molar-refractivity contribution >= 4 is 27.3 Å². The Morgan fingerprint density at radius 2 is 1.67 bits per heavy atom. The van der Waals surface area contributed by atoms with E-state index in [4.69, 9.17) is 11.6 Å². The molecule has 0 amide bonds. The number of nitrogens with one attached hydrogen (secondary N) is 1. The van der Waals surface area contributed by atoms with E-state index in [-0.39, 0.29) is 10.7 Å². The van der Waals surface area contributed by atoms with Crippen LogP contribution in [0.1, 0.15) is 17.0 Å². The minimum absolute atomic E-state index is 0.178. The second kappa shape index (κ2) is 7.78. The first-order chi connectivity index (χ1) is 12.9. The van der Waals surface area contributed by atoms with Crippen LogP contribution in [0.3, 0.4) is 0 Å². The minimum atomic E-state index is -4.10. The van der Waals surface area contributed by atoms with Gasteiger partial charge in [-0.25, -0.2) is 12.8 Å². The van der Waals surface area contributed by atoms with E-state index >= 15 is 0 Å². The van der Waals surface area contributed by atoms with Gasteiger partial charge in [0, 0.05) is 5.02 Å². The highest BCUT2D eigenvalue weighted by molar-refractivity contribution is 7.92. The van der Waals surface area contributed by atoms with Gasteiger partial charge in [0.15, 0.2) is 0 Å². The molecule has 0 saturated carbocycles. The average molecular weight is 401 g/mol. The first kappa shape index (κ1) is 18.9. The summed E-state index contributed by atoms with van der Waals surface area (Å²) in [5.74, 6) is -1.43. The highest BCUT2D eigenvalue weighted by atomic mass is 35.5. The molecule has 0 fully saturated rings. The van der Waals surface area contributed by atoms with E-state index in [1.54, 1.807) is 6.07 Å². The van der Waals surface area contributed by atoms with Crippen LogP contribution >= 0.6 is 11.6 Å². The molecule has 0 bridgehead atoms. The fourth-order valence-corrected chi connectivity index (χ4v) is 4.09. The molecule has 0 radical (unpaired) electrons. The maximum atomic E-state index is 13.8. The van der Waals surface area contributed by atoms with Crippen LogP contribution in [0.15, 0.2) is 77.7 Å². The minimum Gasteiger partial charge on any atom is -0.279 e. The Morgan fingerprint density at radius 3 is 2.30 bits per heavy atom. The number of hydrogen-bond donors (Lipinski definition) is 1. The van der Waals surface area contributed by atoms with E-state index in [0.29, 0.717) is 5.56 Å². The molecule has 136 valence electrons. The molecule has 3 aromatic rings. The van der Waals surface area contributed by atoms with Crippen molar-refractivity contribution in [3.8, 4) is 6.07 Å². The Balaban J connectivity index is 1.92. The van der Waals surface area contributed by atoms with Gasteiger partial charge >= 0.3 is 0 Å². The van der Waals surface area contributed by atoms with Crippen molar-refractivity contribution in [1.82, 2.24) is 0 Å². The zero-order valence-corrected chi connectivity index (χ0v) is 15.5. The largest absolute Gasteiger partial charge is 0.279 e. The van der Waals surface area contributed by atoms with E-state index in [0.717, 1.165) is 11.6 Å². The van der Waals surface area contributed by atoms with Gasteiger partial charge in [-0.2, -0.15) is 5.26 Å². The fourth-order valence-electron chi connectivity index (χ4n) is 2.67. The molecule has 0 saturated heterocycles. The van der Waals surface area contributed by atoms with E-state index in [9.17, 15) is 18.1 Å². The third-order valence-electron chi connectivity index (χ3n) is 3.95. The van der Waals surface area contributed by atoms with Gasteiger partial charge in [-0.1, -0.05) is 60.1 Å². The van der Waals surface area contributed by atoms with E-state index < -0.39 is 26.7 Å². The van der Waals surface area contributed by atoms with Crippen molar-refractivity contribution in [1.29, 1.82) is 5.26 Å². The lowest BCUT2D eigenvalue weighted by molar-refractivity contribution is 0.570. The number of benzene rings is 3. The quantitative estimate of drug-likeness (QED) is 0.659. The number of hydrogen-bond acceptors (Lipinski definition) is 3. The van der Waals surface area contributed by atoms with Crippen molar-refractivity contribution in [3.63, 3.8) is 0 Å². The predicted octanol–water partition coefficient (Wildman–Crippen LogP) is 4.94. The van der Waals surface area contributed by atoms with Crippen LogP contribution < -0.4 is 4.72 Å². The maximum absolute atomic E-state index is 13.8. The standard InChI is InChI=1S/C20H14ClFN2O2S/c21-18-12-15(24-27(25,26)20-9-5-4-8-19(20)22)10-11-16(18)17(13-23)14-6-2-1-3-7-14/h1-12,17,24H/t17-/m1/s1. The Hall–Kier alpha value is -2.88. The molecular weight excluding hydrogens is 387 g/mol. The monoisotopic (exact) mass is 400 g/mol. The van der Waals surface area contributed by atoms with E-state index in [1.807, 2.05) is 30.3 Å². The average Bonchev–Trinajstić information content (AvgIpc) is 2.65. The third-order valence-corrected chi connectivity index (χ3v) is 5.69. The molecule has 4 nitrogen and oxygen atoms in total. The molecule has 27 heavy (non-hydrogen) atoms. The lowest BCUT2D eigenvalue weighted by Crippen LogP contribution is -2.14. The summed E-state index contributed by atoms with van der Waals surface area (Å²) in [6, 6.07) is 20.9. The summed E-state index contributed by atoms with van der Waals surface area (Å²) in [6.45, 7) is 0.